The molecule has 0 spiro atoms. The largest absolute Gasteiger partial charge is 0.465 e. The molecule has 4 heteroatoms. The third-order valence-corrected chi connectivity index (χ3v) is 3.91. The molecule has 3 unspecified atom stereocenters. The smallest absolute Gasteiger partial charge is 0.325 e. The van der Waals surface area contributed by atoms with E-state index in [0.29, 0.717) is 19.1 Å². The number of nitrogens with two attached hydrogens (primary N) is 1. The van der Waals surface area contributed by atoms with Gasteiger partial charge in [-0.3, -0.25) is 4.79 Å². The number of carbonyl (C=O) groups is 1. The fourth-order valence-electron chi connectivity index (χ4n) is 2.47. The molecule has 1 rings (SSSR count). The first-order valence-electron chi connectivity index (χ1n) is 7.07. The standard InChI is InChI=1S/C14H28N2O2/c1-5-18-13(17)14(4,15)8-9-16-10-11(2)6-7-12(16)3/h11-12H,5-10,15H2,1-4H3. The van der Waals surface area contributed by atoms with Gasteiger partial charge in [0, 0.05) is 19.1 Å². The van der Waals surface area contributed by atoms with E-state index in [2.05, 4.69) is 18.7 Å². The van der Waals surface area contributed by atoms with E-state index in [9.17, 15) is 4.79 Å². The molecule has 1 saturated heterocycles. The van der Waals surface area contributed by atoms with Gasteiger partial charge < -0.3 is 15.4 Å². The molecule has 3 atom stereocenters. The molecule has 1 aliphatic rings. The Kier molecular flexibility index (Phi) is 5.60. The Morgan fingerprint density at radius 2 is 2.11 bits per heavy atom. The van der Waals surface area contributed by atoms with E-state index in [1.807, 2.05) is 6.92 Å². The number of hydrogen-bond acceptors (Lipinski definition) is 4. The van der Waals surface area contributed by atoms with Gasteiger partial charge in [0.2, 0.25) is 0 Å². The molecule has 0 radical (unpaired) electrons. The number of nitrogens with zero attached hydrogens (tertiary/aromatic N) is 1. The minimum atomic E-state index is -0.865. The molecule has 1 aliphatic heterocycles. The number of hydrogen-bond donors (Lipinski definition) is 1. The van der Waals surface area contributed by atoms with Crippen molar-refractivity contribution in [1.82, 2.24) is 4.90 Å². The molecule has 4 nitrogen and oxygen atoms in total. The van der Waals surface area contributed by atoms with Crippen molar-refractivity contribution in [3.63, 3.8) is 0 Å². The van der Waals surface area contributed by atoms with E-state index in [4.69, 9.17) is 10.5 Å². The van der Waals surface area contributed by atoms with Gasteiger partial charge in [-0.05, 0) is 46.0 Å². The van der Waals surface area contributed by atoms with Crippen molar-refractivity contribution in [2.75, 3.05) is 19.7 Å². The van der Waals surface area contributed by atoms with Crippen molar-refractivity contribution in [1.29, 1.82) is 0 Å². The van der Waals surface area contributed by atoms with E-state index in [0.717, 1.165) is 19.0 Å². The quantitative estimate of drug-likeness (QED) is 0.762. The van der Waals surface area contributed by atoms with Crippen LogP contribution in [-0.4, -0.2) is 42.1 Å². The van der Waals surface area contributed by atoms with Crippen LogP contribution in [-0.2, 0) is 9.53 Å². The Morgan fingerprint density at radius 3 is 2.72 bits per heavy atom. The van der Waals surface area contributed by atoms with Crippen LogP contribution < -0.4 is 5.73 Å². The molecule has 106 valence electrons. The van der Waals surface area contributed by atoms with Crippen LogP contribution in [0.5, 0.6) is 0 Å². The fourth-order valence-corrected chi connectivity index (χ4v) is 2.47. The Bertz CT molecular complexity index is 279. The number of rotatable bonds is 5. The molecule has 1 heterocycles. The molecule has 0 bridgehead atoms. The number of carbonyl (C=O) groups excluding carboxylic acids is 1. The molecule has 0 aromatic heterocycles. The summed E-state index contributed by atoms with van der Waals surface area (Å²) in [6.07, 6.45) is 3.19. The molecular weight excluding hydrogens is 228 g/mol. The second-order valence-electron chi connectivity index (χ2n) is 5.91. The van der Waals surface area contributed by atoms with Crippen LogP contribution in [0.15, 0.2) is 0 Å². The third-order valence-electron chi connectivity index (χ3n) is 3.91. The minimum Gasteiger partial charge on any atom is -0.465 e. The summed E-state index contributed by atoms with van der Waals surface area (Å²) in [6, 6.07) is 0.596. The van der Waals surface area contributed by atoms with Gasteiger partial charge in [-0.2, -0.15) is 0 Å². The van der Waals surface area contributed by atoms with Gasteiger partial charge in [0.1, 0.15) is 5.54 Å². The van der Waals surface area contributed by atoms with E-state index in [-0.39, 0.29) is 5.97 Å². The van der Waals surface area contributed by atoms with E-state index in [1.54, 1.807) is 6.92 Å². The van der Waals surface area contributed by atoms with E-state index in [1.165, 1.54) is 12.8 Å². The van der Waals surface area contributed by atoms with Gasteiger partial charge in [-0.25, -0.2) is 0 Å². The molecule has 0 amide bonds. The predicted molar refractivity (Wildman–Crippen MR) is 73.3 cm³/mol. The number of ether oxygens (including phenoxy) is 1. The first kappa shape index (κ1) is 15.4. The summed E-state index contributed by atoms with van der Waals surface area (Å²) in [5.74, 6) is 0.454. The topological polar surface area (TPSA) is 55.6 Å². The van der Waals surface area contributed by atoms with Gasteiger partial charge in [0.05, 0.1) is 6.61 Å². The molecule has 0 aromatic rings. The zero-order chi connectivity index (χ0) is 13.8. The van der Waals surface area contributed by atoms with Crippen molar-refractivity contribution in [3.05, 3.63) is 0 Å². The Hall–Kier alpha value is -0.610. The van der Waals surface area contributed by atoms with Crippen LogP contribution >= 0.6 is 0 Å². The summed E-state index contributed by atoms with van der Waals surface area (Å²) < 4.78 is 5.01. The van der Waals surface area contributed by atoms with E-state index >= 15 is 0 Å². The zero-order valence-electron chi connectivity index (χ0n) is 12.2. The SMILES string of the molecule is CCOC(=O)C(C)(N)CCN1CC(C)CCC1C. The zero-order valence-corrected chi connectivity index (χ0v) is 12.2. The number of piperidine rings is 1. The highest BCUT2D eigenvalue weighted by Crippen LogP contribution is 2.22. The Morgan fingerprint density at radius 1 is 1.44 bits per heavy atom. The molecular formula is C14H28N2O2. The lowest BCUT2D eigenvalue weighted by molar-refractivity contribution is -0.149. The second-order valence-corrected chi connectivity index (χ2v) is 5.91. The predicted octanol–water partition coefficient (Wildman–Crippen LogP) is 1.78. The molecule has 0 saturated carbocycles. The average molecular weight is 256 g/mol. The maximum absolute atomic E-state index is 11.7. The first-order valence-corrected chi connectivity index (χ1v) is 7.07. The first-order chi connectivity index (χ1) is 8.36. The van der Waals surface area contributed by atoms with Crippen molar-refractivity contribution in [3.8, 4) is 0 Å². The van der Waals surface area contributed by atoms with Gasteiger partial charge in [0.25, 0.3) is 0 Å². The molecule has 2 N–H and O–H groups in total. The summed E-state index contributed by atoms with van der Waals surface area (Å²) in [4.78, 5) is 14.2. The monoisotopic (exact) mass is 256 g/mol. The molecule has 1 fully saturated rings. The molecule has 0 aromatic carbocycles. The van der Waals surface area contributed by atoms with Gasteiger partial charge in [-0.15, -0.1) is 0 Å². The van der Waals surface area contributed by atoms with Crippen LogP contribution in [0.2, 0.25) is 0 Å². The van der Waals surface area contributed by atoms with Crippen LogP contribution in [0.25, 0.3) is 0 Å². The van der Waals surface area contributed by atoms with Crippen molar-refractivity contribution in [2.45, 2.75) is 58.5 Å². The van der Waals surface area contributed by atoms with Crippen LogP contribution in [0, 0.1) is 5.92 Å². The van der Waals surface area contributed by atoms with Crippen LogP contribution in [0.3, 0.4) is 0 Å². The maximum Gasteiger partial charge on any atom is 0.325 e. The van der Waals surface area contributed by atoms with Crippen LogP contribution in [0.1, 0.15) is 47.0 Å². The normalized spacial score (nSPS) is 28.7. The third kappa shape index (κ3) is 4.25. The van der Waals surface area contributed by atoms with E-state index < -0.39 is 5.54 Å². The summed E-state index contributed by atoms with van der Waals surface area (Å²) >= 11 is 0. The summed E-state index contributed by atoms with van der Waals surface area (Å²) in [6.45, 7) is 10.5. The van der Waals surface area contributed by atoms with Gasteiger partial charge in [0.15, 0.2) is 0 Å². The summed E-state index contributed by atoms with van der Waals surface area (Å²) in [5, 5.41) is 0. The lowest BCUT2D eigenvalue weighted by Gasteiger charge is -2.38. The Labute approximate surface area is 111 Å². The minimum absolute atomic E-state index is 0.289. The second kappa shape index (κ2) is 6.53. The average Bonchev–Trinajstić information content (AvgIpc) is 2.31. The fraction of sp³-hybridized carbons (Fsp3) is 0.929. The van der Waals surface area contributed by atoms with Crippen molar-refractivity contribution >= 4 is 5.97 Å². The van der Waals surface area contributed by atoms with Gasteiger partial charge in [-0.1, -0.05) is 6.92 Å². The molecule has 18 heavy (non-hydrogen) atoms. The van der Waals surface area contributed by atoms with Crippen LogP contribution in [0.4, 0.5) is 0 Å². The Balaban J connectivity index is 2.45. The highest BCUT2D eigenvalue weighted by molar-refractivity contribution is 5.79. The van der Waals surface area contributed by atoms with Crippen molar-refractivity contribution in [2.24, 2.45) is 11.7 Å². The van der Waals surface area contributed by atoms with Gasteiger partial charge >= 0.3 is 5.97 Å². The highest BCUT2D eigenvalue weighted by atomic mass is 16.5. The summed E-state index contributed by atoms with van der Waals surface area (Å²) in [7, 11) is 0. The lowest BCUT2D eigenvalue weighted by Crippen LogP contribution is -2.50. The number of likely N-dealkylation sites (tertiary alicyclic amines) is 1. The summed E-state index contributed by atoms with van der Waals surface area (Å²) in [5.41, 5.74) is 5.18. The molecule has 0 aliphatic carbocycles. The maximum atomic E-state index is 11.7. The van der Waals surface area contributed by atoms with Crippen molar-refractivity contribution < 1.29 is 9.53 Å². The number of esters is 1. The highest BCUT2D eigenvalue weighted by Gasteiger charge is 2.32. The lowest BCUT2D eigenvalue weighted by atomic mass is 9.93.